The van der Waals surface area contributed by atoms with Crippen LogP contribution in [-0.4, -0.2) is 18.5 Å². The molecule has 0 unspecified atom stereocenters. The van der Waals surface area contributed by atoms with Gasteiger partial charge in [-0.2, -0.15) is 13.2 Å². The first-order valence-corrected chi connectivity index (χ1v) is 7.42. The summed E-state index contributed by atoms with van der Waals surface area (Å²) in [7, 11) is 0. The molecule has 0 fully saturated rings. The number of rotatable bonds is 6. The predicted molar refractivity (Wildman–Crippen MR) is 92.7 cm³/mol. The van der Waals surface area contributed by atoms with E-state index in [-0.39, 0.29) is 17.9 Å². The van der Waals surface area contributed by atoms with Crippen molar-refractivity contribution in [3.63, 3.8) is 0 Å². The molecule has 0 N–H and O–H groups in total. The summed E-state index contributed by atoms with van der Waals surface area (Å²) in [6.45, 7) is 6.25. The molecule has 0 amide bonds. The molecule has 26 heavy (non-hydrogen) atoms. The van der Waals surface area contributed by atoms with Gasteiger partial charge in [0.1, 0.15) is 5.82 Å². The Morgan fingerprint density at radius 2 is 1.85 bits per heavy atom. The van der Waals surface area contributed by atoms with E-state index in [2.05, 4.69) is 11.6 Å². The van der Waals surface area contributed by atoms with Crippen molar-refractivity contribution in [3.05, 3.63) is 77.3 Å². The van der Waals surface area contributed by atoms with Crippen LogP contribution < -0.4 is 0 Å². The van der Waals surface area contributed by atoms with Crippen molar-refractivity contribution in [3.8, 4) is 0 Å². The summed E-state index contributed by atoms with van der Waals surface area (Å²) < 4.78 is 56.3. The zero-order valence-electron chi connectivity index (χ0n) is 14.2. The van der Waals surface area contributed by atoms with Crippen LogP contribution in [0, 0.1) is 5.82 Å². The Hall–Kier alpha value is -2.96. The summed E-state index contributed by atoms with van der Waals surface area (Å²) in [5.74, 6) is -0.708. The van der Waals surface area contributed by atoms with Crippen LogP contribution in [0.25, 0.3) is 6.08 Å². The molecule has 0 saturated carbocycles. The largest absolute Gasteiger partial charge is 0.416 e. The number of halogens is 4. The predicted octanol–water partition coefficient (Wildman–Crippen LogP) is 5.38. The molecule has 0 aliphatic rings. The molecule has 1 aromatic rings. The van der Waals surface area contributed by atoms with Gasteiger partial charge in [-0.1, -0.05) is 30.9 Å². The lowest BCUT2D eigenvalue weighted by atomic mass is 10.1. The maximum atomic E-state index is 12.9. The van der Waals surface area contributed by atoms with Crippen molar-refractivity contribution in [2.24, 2.45) is 4.99 Å². The first-order valence-electron chi connectivity index (χ1n) is 7.42. The van der Waals surface area contributed by atoms with Crippen LogP contribution in [0.5, 0.6) is 0 Å². The minimum Gasteiger partial charge on any atom is -0.409 e. The Balaban J connectivity index is 3.28. The molecule has 1 rings (SSSR count). The average Bonchev–Trinajstić information content (AvgIpc) is 2.56. The third-order valence-electron chi connectivity index (χ3n) is 3.10. The smallest absolute Gasteiger partial charge is 0.409 e. The molecule has 0 aromatic heterocycles. The third kappa shape index (κ3) is 6.51. The van der Waals surface area contributed by atoms with Crippen LogP contribution in [0.2, 0.25) is 0 Å². The van der Waals surface area contributed by atoms with Gasteiger partial charge >= 0.3 is 6.18 Å². The van der Waals surface area contributed by atoms with Gasteiger partial charge in [0, 0.05) is 11.3 Å². The van der Waals surface area contributed by atoms with E-state index in [1.807, 2.05) is 0 Å². The molecular formula is C19H17F4NO2. The standard InChI is InChI=1S/C19H17F4NO2/c1-4-15(11-16(5-2)19(21,22)23)18(26-12-25)24-13(3)10-14-6-8-17(20)9-7-14/h4-12H,2H2,1,3H3/b13-10-,15-4+,16-11+,24-18-. The van der Waals surface area contributed by atoms with E-state index in [1.54, 1.807) is 13.0 Å². The molecule has 0 heterocycles. The van der Waals surface area contributed by atoms with E-state index < -0.39 is 17.6 Å². The summed E-state index contributed by atoms with van der Waals surface area (Å²) in [5, 5.41) is 0. The van der Waals surface area contributed by atoms with Gasteiger partial charge in [-0.25, -0.2) is 9.38 Å². The van der Waals surface area contributed by atoms with E-state index in [9.17, 15) is 22.4 Å². The average molecular weight is 367 g/mol. The van der Waals surface area contributed by atoms with Crippen LogP contribution >= 0.6 is 0 Å². The molecule has 1 aromatic carbocycles. The second kappa shape index (κ2) is 9.50. The van der Waals surface area contributed by atoms with Gasteiger partial charge < -0.3 is 4.74 Å². The number of allylic oxidation sites excluding steroid dienone is 4. The number of benzene rings is 1. The Morgan fingerprint density at radius 1 is 1.23 bits per heavy atom. The number of aliphatic imine (C=N–C) groups is 1. The van der Waals surface area contributed by atoms with Gasteiger partial charge in [0.15, 0.2) is 0 Å². The van der Waals surface area contributed by atoms with E-state index in [0.29, 0.717) is 17.3 Å². The number of hydrogen-bond donors (Lipinski definition) is 0. The fourth-order valence-electron chi connectivity index (χ4n) is 1.89. The fraction of sp³-hybridized carbons (Fsp3) is 0.158. The Labute approximate surface area is 148 Å². The zero-order valence-corrected chi connectivity index (χ0v) is 14.2. The van der Waals surface area contributed by atoms with Gasteiger partial charge in [-0.15, -0.1) is 0 Å². The lowest BCUT2D eigenvalue weighted by Crippen LogP contribution is -2.13. The van der Waals surface area contributed by atoms with Crippen molar-refractivity contribution < 1.29 is 27.1 Å². The molecule has 3 nitrogen and oxygen atoms in total. The normalized spacial score (nSPS) is 14.2. The highest BCUT2D eigenvalue weighted by atomic mass is 19.4. The van der Waals surface area contributed by atoms with Crippen molar-refractivity contribution in [1.82, 2.24) is 0 Å². The summed E-state index contributed by atoms with van der Waals surface area (Å²) in [4.78, 5) is 14.8. The Bertz CT molecular complexity index is 770. The maximum absolute atomic E-state index is 12.9. The molecule has 138 valence electrons. The monoisotopic (exact) mass is 367 g/mol. The zero-order chi connectivity index (χ0) is 19.7. The Kier molecular flexibility index (Phi) is 7.71. The molecule has 0 aliphatic carbocycles. The fourth-order valence-corrected chi connectivity index (χ4v) is 1.89. The highest BCUT2D eigenvalue weighted by molar-refractivity contribution is 6.00. The lowest BCUT2D eigenvalue weighted by molar-refractivity contribution is -0.121. The lowest BCUT2D eigenvalue weighted by Gasteiger charge is -2.10. The second-order valence-electron chi connectivity index (χ2n) is 5.01. The number of nitrogens with zero attached hydrogens (tertiary/aromatic N) is 1. The number of ether oxygens (including phenoxy) is 1. The number of carbonyl (C=O) groups is 1. The minimum atomic E-state index is -4.61. The molecular weight excluding hydrogens is 350 g/mol. The first-order chi connectivity index (χ1) is 12.2. The highest BCUT2D eigenvalue weighted by Crippen LogP contribution is 2.27. The molecule has 0 aliphatic heterocycles. The summed E-state index contributed by atoms with van der Waals surface area (Å²) in [5.41, 5.74) is -0.0877. The first kappa shape index (κ1) is 21.1. The van der Waals surface area contributed by atoms with E-state index in [4.69, 9.17) is 4.74 Å². The number of hydrogen-bond acceptors (Lipinski definition) is 3. The second-order valence-corrected chi connectivity index (χ2v) is 5.01. The van der Waals surface area contributed by atoms with Gasteiger partial charge in [-0.05, 0) is 43.7 Å². The molecule has 7 heteroatoms. The van der Waals surface area contributed by atoms with E-state index in [0.717, 1.165) is 6.08 Å². The van der Waals surface area contributed by atoms with Crippen molar-refractivity contribution in [1.29, 1.82) is 0 Å². The van der Waals surface area contributed by atoms with Crippen molar-refractivity contribution in [2.45, 2.75) is 20.0 Å². The summed E-state index contributed by atoms with van der Waals surface area (Å²) in [6, 6.07) is 5.52. The van der Waals surface area contributed by atoms with Crippen LogP contribution in [0.4, 0.5) is 17.6 Å². The number of carbonyl (C=O) groups excluding carboxylic acids is 1. The van der Waals surface area contributed by atoms with Gasteiger partial charge in [-0.3, -0.25) is 4.79 Å². The Morgan fingerprint density at radius 3 is 2.31 bits per heavy atom. The molecule has 0 atom stereocenters. The molecule has 0 spiro atoms. The maximum Gasteiger partial charge on any atom is 0.416 e. The molecule has 0 radical (unpaired) electrons. The number of alkyl halides is 3. The van der Waals surface area contributed by atoms with Crippen molar-refractivity contribution >= 4 is 18.4 Å². The van der Waals surface area contributed by atoms with Crippen LogP contribution in [0.15, 0.2) is 70.9 Å². The van der Waals surface area contributed by atoms with Crippen LogP contribution in [0.1, 0.15) is 19.4 Å². The summed E-state index contributed by atoms with van der Waals surface area (Å²) in [6.07, 6.45) is -0.295. The van der Waals surface area contributed by atoms with Crippen LogP contribution in [-0.2, 0) is 9.53 Å². The minimum absolute atomic E-state index is 0.0452. The van der Waals surface area contributed by atoms with Gasteiger partial charge in [0.2, 0.25) is 5.90 Å². The molecule has 0 bridgehead atoms. The topological polar surface area (TPSA) is 38.7 Å². The van der Waals surface area contributed by atoms with E-state index in [1.165, 1.54) is 37.3 Å². The van der Waals surface area contributed by atoms with Crippen LogP contribution in [0.3, 0.4) is 0 Å². The van der Waals surface area contributed by atoms with Crippen molar-refractivity contribution in [2.75, 3.05) is 0 Å². The molecule has 0 saturated heterocycles. The summed E-state index contributed by atoms with van der Waals surface area (Å²) >= 11 is 0. The quantitative estimate of drug-likeness (QED) is 0.223. The van der Waals surface area contributed by atoms with Gasteiger partial charge in [0.05, 0.1) is 5.57 Å². The third-order valence-corrected chi connectivity index (χ3v) is 3.10. The van der Waals surface area contributed by atoms with Gasteiger partial charge in [0.25, 0.3) is 6.47 Å². The van der Waals surface area contributed by atoms with E-state index >= 15 is 0 Å². The SMILES string of the molecule is C=C\C(=C/C(=C\C)C(=N/C(C)=C\c1ccc(F)cc1)/OC=O)C(F)(F)F. The highest BCUT2D eigenvalue weighted by Gasteiger charge is 2.31.